The highest BCUT2D eigenvalue weighted by Gasteiger charge is 2.18. The summed E-state index contributed by atoms with van der Waals surface area (Å²) in [6, 6.07) is 8.95. The molecule has 0 bridgehead atoms. The number of halogens is 1. The fourth-order valence-electron chi connectivity index (χ4n) is 2.88. The van der Waals surface area contributed by atoms with E-state index in [0.717, 1.165) is 28.2 Å². The number of nitrogens with zero attached hydrogens (tertiary/aromatic N) is 4. The maximum Gasteiger partial charge on any atom is 0.255 e. The highest BCUT2D eigenvalue weighted by atomic mass is 35.5. The smallest absolute Gasteiger partial charge is 0.255 e. The molecule has 0 aliphatic heterocycles. The molecule has 0 saturated heterocycles. The quantitative estimate of drug-likeness (QED) is 0.193. The number of anilines is 2. The Bertz CT molecular complexity index is 1210. The van der Waals surface area contributed by atoms with Gasteiger partial charge in [-0.05, 0) is 88.1 Å². The zero-order valence-corrected chi connectivity index (χ0v) is 22.9. The summed E-state index contributed by atoms with van der Waals surface area (Å²) in [5.74, 6) is 0.954. The minimum atomic E-state index is -0.361. The van der Waals surface area contributed by atoms with Gasteiger partial charge in [0.2, 0.25) is 10.9 Å². The summed E-state index contributed by atoms with van der Waals surface area (Å²) in [5, 5.41) is 2.44. The van der Waals surface area contributed by atoms with Crippen LogP contribution in [0.2, 0.25) is 0 Å². The molecule has 180 valence electrons. The summed E-state index contributed by atoms with van der Waals surface area (Å²) in [6.07, 6.45) is 0. The van der Waals surface area contributed by atoms with E-state index in [4.69, 9.17) is 12.3 Å². The van der Waals surface area contributed by atoms with Gasteiger partial charge in [-0.3, -0.25) is 14.6 Å². The summed E-state index contributed by atoms with van der Waals surface area (Å²) in [4.78, 5) is 28.7. The summed E-state index contributed by atoms with van der Waals surface area (Å²) in [7, 11) is 5.05. The second-order valence-electron chi connectivity index (χ2n) is 7.15. The number of nitrogen functional groups attached to an aromatic ring is 1. The molecule has 3 rings (SSSR count). The number of aromatic nitrogens is 2. The van der Waals surface area contributed by atoms with Gasteiger partial charge in [0, 0.05) is 23.9 Å². The van der Waals surface area contributed by atoms with Crippen LogP contribution in [0, 0.1) is 34.3 Å². The van der Waals surface area contributed by atoms with E-state index >= 15 is 0 Å². The van der Waals surface area contributed by atoms with Crippen molar-refractivity contribution in [2.24, 2.45) is 4.99 Å². The summed E-state index contributed by atoms with van der Waals surface area (Å²) in [5.41, 5.74) is 11.6. The molecule has 2 unspecified atom stereocenters. The summed E-state index contributed by atoms with van der Waals surface area (Å²) >= 11 is 4.64. The van der Waals surface area contributed by atoms with E-state index < -0.39 is 0 Å². The van der Waals surface area contributed by atoms with E-state index in [-0.39, 0.29) is 11.1 Å². The molecular formula is C23H29ClN6O2P2. The Labute approximate surface area is 209 Å². The fraction of sp³-hybridized carbons (Fsp3) is 0.217. The largest absolute Gasteiger partial charge is 0.383 e. The minimum Gasteiger partial charge on any atom is -0.383 e. The first-order valence-corrected chi connectivity index (χ1v) is 11.4. The van der Waals surface area contributed by atoms with E-state index in [9.17, 15) is 9.59 Å². The predicted molar refractivity (Wildman–Crippen MR) is 149 cm³/mol. The van der Waals surface area contributed by atoms with Crippen LogP contribution in [-0.4, -0.2) is 26.5 Å². The van der Waals surface area contributed by atoms with Gasteiger partial charge in [-0.2, -0.15) is 0 Å². The zero-order chi connectivity index (χ0) is 26.2. The lowest BCUT2D eigenvalue weighted by Crippen LogP contribution is -2.13. The van der Waals surface area contributed by atoms with E-state index in [1.54, 1.807) is 28.6 Å². The SMILES string of the molecule is C=Nc1c(C)c(C)n(P)c1N.CC(=O)Cl.[C-]#[N+]c1c(C)c(C)n(P)c1NC(=O)c1ccccc1. The van der Waals surface area contributed by atoms with E-state index in [1.807, 2.05) is 38.1 Å². The van der Waals surface area contributed by atoms with Crippen molar-refractivity contribution in [2.75, 3.05) is 11.1 Å². The van der Waals surface area contributed by atoms with E-state index in [1.165, 1.54) is 6.92 Å². The van der Waals surface area contributed by atoms with Crippen molar-refractivity contribution in [1.29, 1.82) is 0 Å². The molecule has 0 aliphatic rings. The van der Waals surface area contributed by atoms with Crippen molar-refractivity contribution in [2.45, 2.75) is 34.6 Å². The van der Waals surface area contributed by atoms with Gasteiger partial charge in [-0.25, -0.2) is 4.85 Å². The maximum absolute atomic E-state index is 12.1. The van der Waals surface area contributed by atoms with Gasteiger partial charge in [0.25, 0.3) is 5.91 Å². The number of nitrogens with one attached hydrogen (secondary N) is 1. The molecule has 3 N–H and O–H groups in total. The van der Waals surface area contributed by atoms with Gasteiger partial charge < -0.3 is 19.7 Å². The van der Waals surface area contributed by atoms with Crippen LogP contribution < -0.4 is 11.1 Å². The second kappa shape index (κ2) is 13.1. The van der Waals surface area contributed by atoms with Crippen molar-refractivity contribution in [3.05, 3.63) is 69.8 Å². The highest BCUT2D eigenvalue weighted by molar-refractivity contribution is 7.15. The molecule has 0 fully saturated rings. The van der Waals surface area contributed by atoms with Crippen molar-refractivity contribution >= 4 is 71.3 Å². The van der Waals surface area contributed by atoms with Crippen LogP contribution >= 0.6 is 30.4 Å². The molecule has 0 aliphatic carbocycles. The summed E-state index contributed by atoms with van der Waals surface area (Å²) in [6.45, 7) is 19.7. The Balaban J connectivity index is 0.000000325. The van der Waals surface area contributed by atoms with Crippen molar-refractivity contribution < 1.29 is 9.59 Å². The Hall–Kier alpha value is -2.97. The zero-order valence-electron chi connectivity index (χ0n) is 19.8. The molecule has 0 radical (unpaired) electrons. The predicted octanol–water partition coefficient (Wildman–Crippen LogP) is 5.98. The first kappa shape index (κ1) is 29.1. The van der Waals surface area contributed by atoms with Gasteiger partial charge in [0.05, 0.1) is 6.57 Å². The number of hydrogen-bond acceptors (Lipinski definition) is 4. The van der Waals surface area contributed by atoms with Crippen LogP contribution in [0.4, 0.5) is 23.0 Å². The standard InChI is InChI=1S/C14H14N3OP.C7H12N3P.C2H3ClO/c1-9-10(2)17(19)13(12(9)15-3)16-14(18)11-7-5-4-6-8-11;1-4-5(2)10(11)7(8)6(4)9-3;1-2(3)4/h4-8H,19H2,1-2H3,(H,16,18);3,8,11H2,1-2H3;1H3. The third kappa shape index (κ3) is 7.01. The monoisotopic (exact) mass is 518 g/mol. The first-order valence-electron chi connectivity index (χ1n) is 9.94. The van der Waals surface area contributed by atoms with Gasteiger partial charge >= 0.3 is 0 Å². The average molecular weight is 519 g/mol. The van der Waals surface area contributed by atoms with Crippen LogP contribution in [0.1, 0.15) is 39.8 Å². The normalized spacial score (nSPS) is 9.62. The van der Waals surface area contributed by atoms with Crippen LogP contribution in [0.15, 0.2) is 35.3 Å². The van der Waals surface area contributed by atoms with Crippen molar-refractivity contribution in [1.82, 2.24) is 8.68 Å². The number of nitrogens with two attached hydrogens (primary N) is 1. The number of aliphatic imine (C=N–C) groups is 1. The number of amides is 1. The Morgan fingerprint density at radius 1 is 1.09 bits per heavy atom. The molecule has 8 nitrogen and oxygen atoms in total. The number of hydrogen-bond donors (Lipinski definition) is 2. The number of benzene rings is 1. The second-order valence-corrected chi connectivity index (χ2v) is 8.72. The van der Waals surface area contributed by atoms with Crippen LogP contribution in [0.25, 0.3) is 4.85 Å². The van der Waals surface area contributed by atoms with Crippen molar-refractivity contribution in [3.63, 3.8) is 0 Å². The first-order chi connectivity index (χ1) is 15.9. The van der Waals surface area contributed by atoms with E-state index in [2.05, 4.69) is 52.3 Å². The minimum absolute atomic E-state index is 0.216. The topological polar surface area (TPSA) is 98.8 Å². The summed E-state index contributed by atoms with van der Waals surface area (Å²) < 4.78 is 3.59. The van der Waals surface area contributed by atoms with E-state index in [0.29, 0.717) is 22.9 Å². The number of carbonyl (C=O) groups excluding carboxylic acids is 2. The molecule has 2 heterocycles. The molecule has 0 saturated carbocycles. The lowest BCUT2D eigenvalue weighted by Gasteiger charge is -2.08. The Kier molecular flexibility index (Phi) is 11.2. The van der Waals surface area contributed by atoms with Gasteiger partial charge in [-0.1, -0.05) is 18.2 Å². The molecule has 2 aromatic heterocycles. The molecule has 2 atom stereocenters. The fourth-order valence-corrected chi connectivity index (χ4v) is 3.57. The maximum atomic E-state index is 12.1. The molecule has 1 amide bonds. The Morgan fingerprint density at radius 2 is 1.59 bits per heavy atom. The van der Waals surface area contributed by atoms with Gasteiger partial charge in [0.15, 0.2) is 0 Å². The number of carbonyl (C=O) groups is 2. The molecular weight excluding hydrogens is 490 g/mol. The third-order valence-corrected chi connectivity index (χ3v) is 6.33. The van der Waals surface area contributed by atoms with Crippen LogP contribution in [0.3, 0.4) is 0 Å². The lowest BCUT2D eigenvalue weighted by molar-refractivity contribution is -0.109. The third-order valence-electron chi connectivity index (χ3n) is 5.02. The van der Waals surface area contributed by atoms with Gasteiger partial charge in [-0.15, -0.1) is 0 Å². The van der Waals surface area contributed by atoms with Crippen LogP contribution in [0.5, 0.6) is 0 Å². The Morgan fingerprint density at radius 3 is 1.97 bits per heavy atom. The molecule has 1 aromatic carbocycles. The van der Waals surface area contributed by atoms with Crippen LogP contribution in [-0.2, 0) is 4.79 Å². The lowest BCUT2D eigenvalue weighted by atomic mass is 10.2. The van der Waals surface area contributed by atoms with Crippen molar-refractivity contribution in [3.8, 4) is 0 Å². The highest BCUT2D eigenvalue weighted by Crippen LogP contribution is 2.36. The molecule has 3 aromatic rings. The average Bonchev–Trinajstić information content (AvgIpc) is 3.12. The molecule has 34 heavy (non-hydrogen) atoms. The number of rotatable bonds is 3. The molecule has 11 heteroatoms. The van der Waals surface area contributed by atoms with Gasteiger partial charge in [0.1, 0.15) is 17.3 Å². The molecule has 0 spiro atoms.